The Balaban J connectivity index is 1.84. The highest BCUT2D eigenvalue weighted by molar-refractivity contribution is 5.95. The fraction of sp³-hybridized carbons (Fsp3) is 0.273. The molecule has 0 saturated carbocycles. The Morgan fingerprint density at radius 1 is 1.04 bits per heavy atom. The number of ether oxygens (including phenoxy) is 2. The summed E-state index contributed by atoms with van der Waals surface area (Å²) in [5.41, 5.74) is 2.86. The quantitative estimate of drug-likeness (QED) is 0.654. The predicted octanol–water partition coefficient (Wildman–Crippen LogP) is 2.68. The van der Waals surface area contributed by atoms with Gasteiger partial charge in [-0.05, 0) is 41.8 Å². The first-order valence-electron chi connectivity index (χ1n) is 8.99. The van der Waals surface area contributed by atoms with Crippen molar-refractivity contribution in [2.45, 2.75) is 26.1 Å². The van der Waals surface area contributed by atoms with Crippen molar-refractivity contribution >= 4 is 17.9 Å². The van der Waals surface area contributed by atoms with Gasteiger partial charge in [0.1, 0.15) is 11.8 Å². The highest BCUT2D eigenvalue weighted by Gasteiger charge is 2.14. The van der Waals surface area contributed by atoms with Crippen LogP contribution in [0.25, 0.3) is 6.08 Å². The van der Waals surface area contributed by atoms with Gasteiger partial charge in [-0.3, -0.25) is 9.59 Å². The van der Waals surface area contributed by atoms with Crippen molar-refractivity contribution in [2.24, 2.45) is 0 Å². The topological polar surface area (TPSA) is 76.7 Å². The lowest BCUT2D eigenvalue weighted by atomic mass is 10.1. The van der Waals surface area contributed by atoms with Crippen molar-refractivity contribution in [1.82, 2.24) is 10.6 Å². The van der Waals surface area contributed by atoms with Gasteiger partial charge in [0.2, 0.25) is 11.8 Å². The first-order valence-corrected chi connectivity index (χ1v) is 8.99. The molecule has 0 saturated heterocycles. The van der Waals surface area contributed by atoms with Gasteiger partial charge in [0.15, 0.2) is 0 Å². The average molecular weight is 382 g/mol. The van der Waals surface area contributed by atoms with E-state index in [1.807, 2.05) is 48.5 Å². The molecule has 28 heavy (non-hydrogen) atoms. The van der Waals surface area contributed by atoms with Gasteiger partial charge >= 0.3 is 0 Å². The number of methoxy groups -OCH3 is 2. The summed E-state index contributed by atoms with van der Waals surface area (Å²) in [5.74, 6) is 0.163. The van der Waals surface area contributed by atoms with E-state index >= 15 is 0 Å². The molecule has 0 aromatic heterocycles. The Morgan fingerprint density at radius 3 is 2.36 bits per heavy atom. The second-order valence-electron chi connectivity index (χ2n) is 6.26. The van der Waals surface area contributed by atoms with E-state index in [1.54, 1.807) is 27.2 Å². The largest absolute Gasteiger partial charge is 0.497 e. The van der Waals surface area contributed by atoms with Gasteiger partial charge in [0.25, 0.3) is 0 Å². The van der Waals surface area contributed by atoms with E-state index in [-0.39, 0.29) is 11.8 Å². The van der Waals surface area contributed by atoms with Crippen LogP contribution >= 0.6 is 0 Å². The maximum Gasteiger partial charge on any atom is 0.244 e. The molecule has 0 fully saturated rings. The van der Waals surface area contributed by atoms with E-state index in [0.717, 1.165) is 22.4 Å². The van der Waals surface area contributed by atoms with Crippen molar-refractivity contribution in [1.29, 1.82) is 0 Å². The Bertz CT molecular complexity index is 816. The van der Waals surface area contributed by atoms with Crippen molar-refractivity contribution in [3.8, 4) is 5.75 Å². The van der Waals surface area contributed by atoms with Gasteiger partial charge in [-0.2, -0.15) is 0 Å². The molecule has 2 aromatic carbocycles. The molecular weight excluding hydrogens is 356 g/mol. The zero-order valence-corrected chi connectivity index (χ0v) is 16.4. The summed E-state index contributed by atoms with van der Waals surface area (Å²) in [6, 6.07) is 14.4. The molecule has 0 heterocycles. The number of rotatable bonds is 9. The summed E-state index contributed by atoms with van der Waals surface area (Å²) in [7, 11) is 3.23. The van der Waals surface area contributed by atoms with Crippen molar-refractivity contribution in [3.05, 3.63) is 71.3 Å². The minimum absolute atomic E-state index is 0.251. The van der Waals surface area contributed by atoms with Gasteiger partial charge < -0.3 is 20.1 Å². The standard InChI is InChI=1S/C22H26N2O4/c1-16(22(26)23-14-18-6-4-5-7-19(18)15-27-2)24-21(25)13-10-17-8-11-20(28-3)12-9-17/h4-13,16H,14-15H2,1-3H3,(H,23,26)(H,24,25)/b13-10+. The first kappa shape index (κ1) is 21.2. The maximum atomic E-state index is 12.3. The molecule has 0 bridgehead atoms. The smallest absolute Gasteiger partial charge is 0.244 e. The number of amides is 2. The van der Waals surface area contributed by atoms with E-state index in [4.69, 9.17) is 9.47 Å². The van der Waals surface area contributed by atoms with E-state index in [9.17, 15) is 9.59 Å². The van der Waals surface area contributed by atoms with Crippen LogP contribution in [-0.4, -0.2) is 32.1 Å². The molecule has 6 heteroatoms. The van der Waals surface area contributed by atoms with Crippen LogP contribution in [0.2, 0.25) is 0 Å². The molecule has 0 radical (unpaired) electrons. The average Bonchev–Trinajstić information content (AvgIpc) is 2.72. The van der Waals surface area contributed by atoms with E-state index in [2.05, 4.69) is 10.6 Å². The fourth-order valence-electron chi connectivity index (χ4n) is 2.58. The van der Waals surface area contributed by atoms with Crippen molar-refractivity contribution in [2.75, 3.05) is 14.2 Å². The molecular formula is C22H26N2O4. The summed E-state index contributed by atoms with van der Waals surface area (Å²) >= 11 is 0. The molecule has 2 amide bonds. The predicted molar refractivity (Wildman–Crippen MR) is 109 cm³/mol. The zero-order valence-electron chi connectivity index (χ0n) is 16.4. The van der Waals surface area contributed by atoms with Crippen molar-refractivity contribution < 1.29 is 19.1 Å². The van der Waals surface area contributed by atoms with Crippen LogP contribution in [0.3, 0.4) is 0 Å². The summed E-state index contributed by atoms with van der Waals surface area (Å²) in [6.07, 6.45) is 3.08. The lowest BCUT2D eigenvalue weighted by molar-refractivity contribution is -0.126. The van der Waals surface area contributed by atoms with Crippen LogP contribution in [0.15, 0.2) is 54.6 Å². The third-order valence-corrected chi connectivity index (χ3v) is 4.17. The molecule has 2 rings (SSSR count). The van der Waals surface area contributed by atoms with Crippen LogP contribution in [0.4, 0.5) is 0 Å². The normalized spacial score (nSPS) is 11.8. The Kier molecular flexibility index (Phi) is 8.24. The first-order chi connectivity index (χ1) is 13.5. The molecule has 1 atom stereocenters. The van der Waals surface area contributed by atoms with Crippen LogP contribution in [-0.2, 0) is 27.5 Å². The Morgan fingerprint density at radius 2 is 1.71 bits per heavy atom. The highest BCUT2D eigenvalue weighted by Crippen LogP contribution is 2.12. The highest BCUT2D eigenvalue weighted by atomic mass is 16.5. The minimum atomic E-state index is -0.650. The number of benzene rings is 2. The molecule has 0 aliphatic carbocycles. The van der Waals surface area contributed by atoms with Gasteiger partial charge in [-0.25, -0.2) is 0 Å². The summed E-state index contributed by atoms with van der Waals surface area (Å²) in [6.45, 7) is 2.50. The lowest BCUT2D eigenvalue weighted by Crippen LogP contribution is -2.44. The van der Waals surface area contributed by atoms with E-state index in [0.29, 0.717) is 13.2 Å². The number of hydrogen-bond donors (Lipinski definition) is 2. The molecule has 0 spiro atoms. The molecule has 2 aromatic rings. The number of carbonyl (C=O) groups is 2. The third-order valence-electron chi connectivity index (χ3n) is 4.17. The van der Waals surface area contributed by atoms with E-state index < -0.39 is 6.04 Å². The number of hydrogen-bond acceptors (Lipinski definition) is 4. The Labute approximate surface area is 165 Å². The molecule has 0 aliphatic rings. The molecule has 148 valence electrons. The number of nitrogens with one attached hydrogen (secondary N) is 2. The van der Waals surface area contributed by atoms with Crippen molar-refractivity contribution in [3.63, 3.8) is 0 Å². The maximum absolute atomic E-state index is 12.3. The van der Waals surface area contributed by atoms with Crippen LogP contribution in [0.1, 0.15) is 23.6 Å². The summed E-state index contributed by atoms with van der Waals surface area (Å²) in [4.78, 5) is 24.3. The van der Waals surface area contributed by atoms with Gasteiger partial charge in [-0.1, -0.05) is 36.4 Å². The monoisotopic (exact) mass is 382 g/mol. The molecule has 2 N–H and O–H groups in total. The minimum Gasteiger partial charge on any atom is -0.497 e. The SMILES string of the molecule is COCc1ccccc1CNC(=O)C(C)NC(=O)/C=C/c1ccc(OC)cc1. The summed E-state index contributed by atoms with van der Waals surface area (Å²) < 4.78 is 10.3. The third kappa shape index (κ3) is 6.55. The second-order valence-corrected chi connectivity index (χ2v) is 6.26. The lowest BCUT2D eigenvalue weighted by Gasteiger charge is -2.14. The zero-order chi connectivity index (χ0) is 20.4. The summed E-state index contributed by atoms with van der Waals surface area (Å²) in [5, 5.41) is 5.50. The van der Waals surface area contributed by atoms with Crippen LogP contribution < -0.4 is 15.4 Å². The van der Waals surface area contributed by atoms with Gasteiger partial charge in [-0.15, -0.1) is 0 Å². The van der Waals surface area contributed by atoms with Crippen LogP contribution in [0.5, 0.6) is 5.75 Å². The van der Waals surface area contributed by atoms with Gasteiger partial charge in [0, 0.05) is 19.7 Å². The molecule has 0 aliphatic heterocycles. The van der Waals surface area contributed by atoms with Crippen LogP contribution in [0, 0.1) is 0 Å². The Hall–Kier alpha value is -3.12. The van der Waals surface area contributed by atoms with E-state index in [1.165, 1.54) is 6.08 Å². The number of carbonyl (C=O) groups excluding carboxylic acids is 2. The molecule has 1 unspecified atom stereocenters. The molecule has 6 nitrogen and oxygen atoms in total. The second kappa shape index (κ2) is 10.9. The fourth-order valence-corrected chi connectivity index (χ4v) is 2.58. The van der Waals surface area contributed by atoms with Gasteiger partial charge in [0.05, 0.1) is 13.7 Å².